The van der Waals surface area contributed by atoms with Crippen LogP contribution in [-0.4, -0.2) is 28.6 Å². The Bertz CT molecular complexity index is 1110. The van der Waals surface area contributed by atoms with Crippen molar-refractivity contribution < 1.29 is 0 Å². The molecule has 34 heavy (non-hydrogen) atoms. The highest BCUT2D eigenvalue weighted by Gasteiger charge is 2.32. The zero-order valence-corrected chi connectivity index (χ0v) is 20.7. The molecule has 3 aromatic rings. The lowest BCUT2D eigenvalue weighted by molar-refractivity contribution is 0.0889. The number of aromatic nitrogens is 1. The van der Waals surface area contributed by atoms with Crippen molar-refractivity contribution >= 4 is 16.6 Å². The summed E-state index contributed by atoms with van der Waals surface area (Å²) in [5.41, 5.74) is 3.32. The van der Waals surface area contributed by atoms with Crippen molar-refractivity contribution in [2.24, 2.45) is 11.8 Å². The third kappa shape index (κ3) is 4.72. The summed E-state index contributed by atoms with van der Waals surface area (Å²) in [4.78, 5) is 2.77. The lowest BCUT2D eigenvalue weighted by atomic mass is 9.79. The third-order valence-electron chi connectivity index (χ3n) is 8.35. The molecule has 0 amide bonds. The number of para-hydroxylation sites is 2. The second kappa shape index (κ2) is 10.2. The molecule has 4 nitrogen and oxygen atoms in total. The van der Waals surface area contributed by atoms with Gasteiger partial charge in [-0.05, 0) is 80.0 Å². The highest BCUT2D eigenvalue weighted by atomic mass is 15.2. The van der Waals surface area contributed by atoms with E-state index in [4.69, 9.17) is 0 Å². The molecule has 1 aliphatic carbocycles. The molecule has 2 aromatic carbocycles. The molecule has 1 saturated heterocycles. The van der Waals surface area contributed by atoms with Crippen LogP contribution < -0.4 is 5.32 Å². The Hall–Kier alpha value is -2.77. The number of hydrogen-bond donors (Lipinski definition) is 1. The summed E-state index contributed by atoms with van der Waals surface area (Å²) in [5, 5.41) is 14.8. The molecule has 2 heterocycles. The molecule has 2 fully saturated rings. The Balaban J connectivity index is 1.34. The minimum absolute atomic E-state index is 0.376. The fourth-order valence-electron chi connectivity index (χ4n) is 6.34. The highest BCUT2D eigenvalue weighted by molar-refractivity contribution is 5.82. The number of benzene rings is 2. The number of piperidine rings is 1. The minimum Gasteiger partial charge on any atom is -0.365 e. The van der Waals surface area contributed by atoms with E-state index in [0.717, 1.165) is 55.2 Å². The van der Waals surface area contributed by atoms with E-state index < -0.39 is 0 Å². The predicted molar refractivity (Wildman–Crippen MR) is 141 cm³/mol. The number of rotatable bonds is 6. The van der Waals surface area contributed by atoms with Gasteiger partial charge in [0.15, 0.2) is 6.04 Å². The van der Waals surface area contributed by atoms with Gasteiger partial charge < -0.3 is 14.8 Å². The third-order valence-corrected chi connectivity index (χ3v) is 8.35. The molecule has 5 rings (SSSR count). The second-order valence-corrected chi connectivity index (χ2v) is 10.7. The van der Waals surface area contributed by atoms with Gasteiger partial charge in [0.1, 0.15) is 0 Å². The summed E-state index contributed by atoms with van der Waals surface area (Å²) in [7, 11) is 0. The van der Waals surface area contributed by atoms with Crippen LogP contribution in [0, 0.1) is 23.2 Å². The van der Waals surface area contributed by atoms with E-state index in [1.807, 2.05) is 30.3 Å². The normalized spacial score (nSPS) is 23.1. The fourth-order valence-corrected chi connectivity index (χ4v) is 6.34. The summed E-state index contributed by atoms with van der Waals surface area (Å²) in [6.07, 6.45) is 7.82. The predicted octanol–water partition coefficient (Wildman–Crippen LogP) is 7.17. The van der Waals surface area contributed by atoms with Crippen LogP contribution in [0.25, 0.3) is 10.9 Å². The molecule has 1 aromatic heterocycles. The molecule has 2 aliphatic rings. The van der Waals surface area contributed by atoms with Gasteiger partial charge in [0.2, 0.25) is 0 Å². The van der Waals surface area contributed by atoms with Gasteiger partial charge in [-0.1, -0.05) is 50.2 Å². The van der Waals surface area contributed by atoms with E-state index in [0.29, 0.717) is 6.04 Å². The monoisotopic (exact) mass is 454 g/mol. The zero-order valence-electron chi connectivity index (χ0n) is 20.7. The number of anilines is 1. The Labute approximate surface area is 204 Å². The SMILES string of the molecule is CC(C)[C@H]1CC[C@@H](N2CCC(n3c(C(C#N)Nc4ccccc4)cc4ccccc43)CC2)CC1. The fraction of sp³-hybridized carbons (Fsp3) is 0.500. The van der Waals surface area contributed by atoms with Crippen molar-refractivity contribution in [3.8, 4) is 6.07 Å². The summed E-state index contributed by atoms with van der Waals surface area (Å²) >= 11 is 0. The van der Waals surface area contributed by atoms with Gasteiger partial charge in [-0.3, -0.25) is 0 Å². The van der Waals surface area contributed by atoms with Crippen molar-refractivity contribution in [1.82, 2.24) is 9.47 Å². The minimum atomic E-state index is -0.376. The lowest BCUT2D eigenvalue weighted by Crippen LogP contribution is -2.44. The standard InChI is InChI=1S/C30H38N4/c1-22(2)23-12-14-26(15-13-23)33-18-16-27(17-19-33)34-29-11-7-6-8-24(29)20-30(34)28(21-31)32-25-9-4-3-5-10-25/h3-11,20,22-23,26-28,32H,12-19H2,1-2H3/t23-,26+,28?. The van der Waals surface area contributed by atoms with E-state index in [1.54, 1.807) is 0 Å². The molecular formula is C30H38N4. The number of nitrogens with one attached hydrogen (secondary N) is 1. The topological polar surface area (TPSA) is 44.0 Å². The largest absolute Gasteiger partial charge is 0.365 e. The number of likely N-dealkylation sites (tertiary alicyclic amines) is 1. The second-order valence-electron chi connectivity index (χ2n) is 10.7. The summed E-state index contributed by atoms with van der Waals surface area (Å²) in [6, 6.07) is 24.3. The maximum absolute atomic E-state index is 10.1. The van der Waals surface area contributed by atoms with Crippen molar-refractivity contribution in [2.75, 3.05) is 18.4 Å². The molecule has 4 heteroatoms. The number of nitrogens with zero attached hydrogens (tertiary/aromatic N) is 3. The van der Waals surface area contributed by atoms with E-state index in [-0.39, 0.29) is 6.04 Å². The van der Waals surface area contributed by atoms with Gasteiger partial charge in [-0.2, -0.15) is 5.26 Å². The van der Waals surface area contributed by atoms with E-state index in [2.05, 4.69) is 65.0 Å². The van der Waals surface area contributed by atoms with Crippen LogP contribution in [0.1, 0.15) is 70.2 Å². The van der Waals surface area contributed by atoms with E-state index in [1.165, 1.54) is 36.6 Å². The summed E-state index contributed by atoms with van der Waals surface area (Å²) in [6.45, 7) is 7.10. The van der Waals surface area contributed by atoms with Crippen molar-refractivity contribution in [3.63, 3.8) is 0 Å². The zero-order chi connectivity index (χ0) is 23.5. The van der Waals surface area contributed by atoms with E-state index >= 15 is 0 Å². The van der Waals surface area contributed by atoms with Gasteiger partial charge in [-0.15, -0.1) is 0 Å². The van der Waals surface area contributed by atoms with Crippen LogP contribution in [0.2, 0.25) is 0 Å². The van der Waals surface area contributed by atoms with Crippen molar-refractivity contribution in [3.05, 3.63) is 66.4 Å². The van der Waals surface area contributed by atoms with Gasteiger partial charge in [0.25, 0.3) is 0 Å². The number of fused-ring (bicyclic) bond motifs is 1. The van der Waals surface area contributed by atoms with Crippen molar-refractivity contribution in [1.29, 1.82) is 5.26 Å². The van der Waals surface area contributed by atoms with Gasteiger partial charge >= 0.3 is 0 Å². The summed E-state index contributed by atoms with van der Waals surface area (Å²) in [5.74, 6) is 1.74. The van der Waals surface area contributed by atoms with Crippen LogP contribution in [0.4, 0.5) is 5.69 Å². The molecule has 1 aliphatic heterocycles. The Morgan fingerprint density at radius 1 is 0.853 bits per heavy atom. The molecule has 1 saturated carbocycles. The number of nitriles is 1. The molecule has 1 atom stereocenters. The van der Waals surface area contributed by atoms with Crippen LogP contribution >= 0.6 is 0 Å². The molecule has 1 N–H and O–H groups in total. The van der Waals surface area contributed by atoms with Gasteiger partial charge in [0.05, 0.1) is 11.8 Å². The highest BCUT2D eigenvalue weighted by Crippen LogP contribution is 2.37. The first kappa shape index (κ1) is 23.0. The van der Waals surface area contributed by atoms with Gasteiger partial charge in [-0.25, -0.2) is 0 Å². The molecule has 0 bridgehead atoms. The Morgan fingerprint density at radius 3 is 2.21 bits per heavy atom. The first-order chi connectivity index (χ1) is 16.6. The molecule has 1 unspecified atom stereocenters. The first-order valence-corrected chi connectivity index (χ1v) is 13.2. The van der Waals surface area contributed by atoms with Crippen LogP contribution in [0.3, 0.4) is 0 Å². The van der Waals surface area contributed by atoms with Crippen LogP contribution in [-0.2, 0) is 0 Å². The molecule has 0 spiro atoms. The molecule has 0 radical (unpaired) electrons. The first-order valence-electron chi connectivity index (χ1n) is 13.2. The van der Waals surface area contributed by atoms with Crippen LogP contribution in [0.15, 0.2) is 60.7 Å². The quantitative estimate of drug-likeness (QED) is 0.429. The molecule has 178 valence electrons. The Kier molecular flexibility index (Phi) is 6.92. The maximum Gasteiger partial charge on any atom is 0.155 e. The Morgan fingerprint density at radius 2 is 1.53 bits per heavy atom. The average Bonchev–Trinajstić information content (AvgIpc) is 3.27. The smallest absolute Gasteiger partial charge is 0.155 e. The average molecular weight is 455 g/mol. The number of hydrogen-bond acceptors (Lipinski definition) is 3. The lowest BCUT2D eigenvalue weighted by Gasteiger charge is -2.42. The summed E-state index contributed by atoms with van der Waals surface area (Å²) < 4.78 is 2.48. The maximum atomic E-state index is 10.1. The van der Waals surface area contributed by atoms with Crippen molar-refractivity contribution in [2.45, 2.75) is 70.5 Å². The van der Waals surface area contributed by atoms with E-state index in [9.17, 15) is 5.26 Å². The molecular weight excluding hydrogens is 416 g/mol. The van der Waals surface area contributed by atoms with Gasteiger partial charge in [0, 0.05) is 36.4 Å². The van der Waals surface area contributed by atoms with Crippen LogP contribution in [0.5, 0.6) is 0 Å².